The fourth-order valence-corrected chi connectivity index (χ4v) is 4.63. The zero-order chi connectivity index (χ0) is 20.2. The first-order chi connectivity index (χ1) is 14.2. The minimum atomic E-state index is -0.358. The van der Waals surface area contributed by atoms with Gasteiger partial charge < -0.3 is 19.4 Å². The third-order valence-electron chi connectivity index (χ3n) is 6.26. The fraction of sp³-hybridized carbons (Fsp3) is 0.435. The largest absolute Gasteiger partial charge is 0.495 e. The summed E-state index contributed by atoms with van der Waals surface area (Å²) >= 11 is 0. The van der Waals surface area contributed by atoms with E-state index in [4.69, 9.17) is 4.74 Å². The molecule has 2 fully saturated rings. The van der Waals surface area contributed by atoms with Crippen molar-refractivity contribution >= 4 is 11.6 Å². The first kappa shape index (κ1) is 19.7. The second kappa shape index (κ2) is 8.82. The number of benzene rings is 2. The number of piperazine rings is 1. The lowest BCUT2D eigenvalue weighted by molar-refractivity contribution is -0.927. The summed E-state index contributed by atoms with van der Waals surface area (Å²) in [6, 6.07) is 14.8. The quantitative estimate of drug-likeness (QED) is 0.854. The van der Waals surface area contributed by atoms with Gasteiger partial charge in [0, 0.05) is 31.5 Å². The highest BCUT2D eigenvalue weighted by Gasteiger charge is 2.32. The summed E-state index contributed by atoms with van der Waals surface area (Å²) in [6.45, 7) is 5.72. The number of piperidine rings is 1. The van der Waals surface area contributed by atoms with E-state index >= 15 is 0 Å². The number of anilines is 1. The van der Waals surface area contributed by atoms with Crippen LogP contribution in [0.25, 0.3) is 0 Å². The normalized spacial score (nSPS) is 18.7. The smallest absolute Gasteiger partial charge is 0.253 e. The van der Waals surface area contributed by atoms with Crippen molar-refractivity contribution in [3.05, 3.63) is 59.9 Å². The monoisotopic (exact) mass is 398 g/mol. The molecule has 0 aromatic heterocycles. The molecule has 2 aliphatic heterocycles. The summed E-state index contributed by atoms with van der Waals surface area (Å²) in [6.07, 6.45) is 2.01. The number of likely N-dealkylation sites (tertiary alicyclic amines) is 1. The van der Waals surface area contributed by atoms with E-state index in [9.17, 15) is 9.18 Å². The van der Waals surface area contributed by atoms with Gasteiger partial charge in [-0.05, 0) is 30.3 Å². The molecule has 0 saturated carbocycles. The van der Waals surface area contributed by atoms with Gasteiger partial charge in [0.2, 0.25) is 0 Å². The van der Waals surface area contributed by atoms with Gasteiger partial charge in [-0.2, -0.15) is 0 Å². The number of hydrogen-bond donors (Lipinski definition) is 1. The number of hydrogen-bond acceptors (Lipinski definition) is 3. The van der Waals surface area contributed by atoms with Gasteiger partial charge in [-0.3, -0.25) is 4.79 Å². The standard InChI is InChI=1S/C23H28FN3O2/c1-29-22-8-3-2-7-21(22)26-15-13-25(14-16-26)20-9-11-27(12-10-20)23(28)18-5-4-6-19(24)17-18/h2-8,17,20H,9-16H2,1H3/p+1. The van der Waals surface area contributed by atoms with Gasteiger partial charge in [-0.25, -0.2) is 4.39 Å². The molecule has 2 aromatic carbocycles. The van der Waals surface area contributed by atoms with Gasteiger partial charge in [-0.1, -0.05) is 18.2 Å². The molecule has 6 heteroatoms. The summed E-state index contributed by atoms with van der Waals surface area (Å²) in [5.74, 6) is 0.516. The SMILES string of the molecule is COc1ccccc1N1CC[NH+](C2CCN(C(=O)c3cccc(F)c3)CC2)CC1. The number of carbonyl (C=O) groups is 1. The van der Waals surface area contributed by atoms with Gasteiger partial charge >= 0.3 is 0 Å². The van der Waals surface area contributed by atoms with Gasteiger partial charge in [-0.15, -0.1) is 0 Å². The first-order valence-electron chi connectivity index (χ1n) is 10.4. The van der Waals surface area contributed by atoms with Crippen LogP contribution < -0.4 is 14.5 Å². The summed E-state index contributed by atoms with van der Waals surface area (Å²) in [5, 5.41) is 0. The van der Waals surface area contributed by atoms with Crippen molar-refractivity contribution in [3.63, 3.8) is 0 Å². The van der Waals surface area contributed by atoms with Crippen LogP contribution in [-0.4, -0.2) is 63.2 Å². The molecule has 1 N–H and O–H groups in total. The number of carbonyl (C=O) groups excluding carboxylic acids is 1. The Labute approximate surface area is 171 Å². The Morgan fingerprint density at radius 3 is 2.45 bits per heavy atom. The van der Waals surface area contributed by atoms with Crippen LogP contribution in [-0.2, 0) is 0 Å². The topological polar surface area (TPSA) is 37.2 Å². The van der Waals surface area contributed by atoms with Gasteiger partial charge in [0.25, 0.3) is 5.91 Å². The third kappa shape index (κ3) is 4.37. The van der Waals surface area contributed by atoms with Crippen molar-refractivity contribution in [3.8, 4) is 5.75 Å². The number of quaternary nitrogens is 1. The van der Waals surface area contributed by atoms with Crippen LogP contribution in [0.5, 0.6) is 5.75 Å². The van der Waals surface area contributed by atoms with Crippen molar-refractivity contribution < 1.29 is 18.8 Å². The summed E-state index contributed by atoms with van der Waals surface area (Å²) in [4.78, 5) is 18.5. The number of rotatable bonds is 4. The zero-order valence-electron chi connectivity index (χ0n) is 16.9. The lowest BCUT2D eigenvalue weighted by Gasteiger charge is -2.41. The van der Waals surface area contributed by atoms with Crippen LogP contribution in [0.3, 0.4) is 0 Å². The highest BCUT2D eigenvalue weighted by atomic mass is 19.1. The minimum absolute atomic E-state index is 0.0565. The van der Waals surface area contributed by atoms with E-state index in [0.717, 1.165) is 57.9 Å². The van der Waals surface area contributed by atoms with E-state index < -0.39 is 0 Å². The average Bonchev–Trinajstić information content (AvgIpc) is 2.79. The van der Waals surface area contributed by atoms with Crippen LogP contribution in [0.1, 0.15) is 23.2 Å². The third-order valence-corrected chi connectivity index (χ3v) is 6.26. The van der Waals surface area contributed by atoms with Gasteiger partial charge in [0.15, 0.2) is 0 Å². The molecular weight excluding hydrogens is 369 g/mol. The molecular formula is C23H29FN3O2+. The van der Waals surface area contributed by atoms with E-state index in [1.807, 2.05) is 17.0 Å². The maximum absolute atomic E-state index is 13.4. The molecule has 2 heterocycles. The van der Waals surface area contributed by atoms with Crippen LogP contribution in [0.15, 0.2) is 48.5 Å². The first-order valence-corrected chi connectivity index (χ1v) is 10.4. The number of ether oxygens (including phenoxy) is 1. The van der Waals surface area contributed by atoms with Crippen LogP contribution in [0.4, 0.5) is 10.1 Å². The van der Waals surface area contributed by atoms with Crippen molar-refractivity contribution in [1.29, 1.82) is 0 Å². The summed E-state index contributed by atoms with van der Waals surface area (Å²) < 4.78 is 18.9. The zero-order valence-corrected chi connectivity index (χ0v) is 16.9. The van der Waals surface area contributed by atoms with Crippen molar-refractivity contribution in [2.24, 2.45) is 0 Å². The van der Waals surface area contributed by atoms with Gasteiger partial charge in [0.1, 0.15) is 11.6 Å². The Kier molecular flexibility index (Phi) is 6.00. The number of nitrogens with zero attached hydrogens (tertiary/aromatic N) is 2. The predicted octanol–water partition coefficient (Wildman–Crippen LogP) is 1.84. The summed E-state index contributed by atoms with van der Waals surface area (Å²) in [7, 11) is 1.72. The molecule has 2 saturated heterocycles. The molecule has 0 atom stereocenters. The predicted molar refractivity (Wildman–Crippen MR) is 111 cm³/mol. The molecule has 5 nitrogen and oxygen atoms in total. The van der Waals surface area contributed by atoms with Crippen LogP contribution >= 0.6 is 0 Å². The molecule has 1 amide bonds. The maximum Gasteiger partial charge on any atom is 0.253 e. The summed E-state index contributed by atoms with van der Waals surface area (Å²) in [5.41, 5.74) is 1.62. The highest BCUT2D eigenvalue weighted by Crippen LogP contribution is 2.27. The lowest BCUT2D eigenvalue weighted by atomic mass is 10.0. The molecule has 2 aromatic rings. The van der Waals surface area contributed by atoms with Crippen molar-refractivity contribution in [2.45, 2.75) is 18.9 Å². The van der Waals surface area contributed by atoms with E-state index in [2.05, 4.69) is 17.0 Å². The second-order valence-electron chi connectivity index (χ2n) is 7.89. The number of halogens is 1. The fourth-order valence-electron chi connectivity index (χ4n) is 4.63. The van der Waals surface area contributed by atoms with Crippen molar-refractivity contribution in [2.75, 3.05) is 51.3 Å². The molecule has 0 unspecified atom stereocenters. The maximum atomic E-state index is 13.4. The second-order valence-corrected chi connectivity index (χ2v) is 7.89. The Balaban J connectivity index is 1.29. The molecule has 2 aliphatic rings. The highest BCUT2D eigenvalue weighted by molar-refractivity contribution is 5.94. The molecule has 29 heavy (non-hydrogen) atoms. The van der Waals surface area contributed by atoms with E-state index in [-0.39, 0.29) is 11.7 Å². The molecule has 4 rings (SSSR count). The average molecular weight is 399 g/mol. The number of nitrogens with one attached hydrogen (secondary N) is 1. The Bertz CT molecular complexity index is 844. The van der Waals surface area contributed by atoms with E-state index in [1.54, 1.807) is 24.1 Å². The number of para-hydroxylation sites is 2. The number of amides is 1. The minimum Gasteiger partial charge on any atom is -0.495 e. The number of methoxy groups -OCH3 is 1. The lowest BCUT2D eigenvalue weighted by Crippen LogP contribution is -3.18. The van der Waals surface area contributed by atoms with Crippen molar-refractivity contribution in [1.82, 2.24) is 4.90 Å². The van der Waals surface area contributed by atoms with Crippen LogP contribution in [0.2, 0.25) is 0 Å². The van der Waals surface area contributed by atoms with E-state index in [1.165, 1.54) is 17.8 Å². The van der Waals surface area contributed by atoms with Crippen LogP contribution in [0, 0.1) is 5.82 Å². The molecule has 0 bridgehead atoms. The molecule has 0 spiro atoms. The Morgan fingerprint density at radius 2 is 1.76 bits per heavy atom. The molecule has 0 aliphatic carbocycles. The molecule has 0 radical (unpaired) electrons. The van der Waals surface area contributed by atoms with E-state index in [0.29, 0.717) is 11.6 Å². The molecule has 154 valence electrons. The Morgan fingerprint density at radius 1 is 1.03 bits per heavy atom. The Hall–Kier alpha value is -2.60. The van der Waals surface area contributed by atoms with Gasteiger partial charge in [0.05, 0.1) is 45.0 Å².